The Kier molecular flexibility index (Phi) is 3.68. The minimum absolute atomic E-state index is 0.103. The molecule has 0 bridgehead atoms. The number of rotatable bonds is 2. The Labute approximate surface area is 89.8 Å². The van der Waals surface area contributed by atoms with Crippen LogP contribution in [-0.4, -0.2) is 35.3 Å². The van der Waals surface area contributed by atoms with E-state index in [1.54, 1.807) is 11.8 Å². The van der Waals surface area contributed by atoms with Gasteiger partial charge in [-0.2, -0.15) is 0 Å². The fourth-order valence-corrected chi connectivity index (χ4v) is 1.91. The van der Waals surface area contributed by atoms with Crippen LogP contribution >= 0.6 is 0 Å². The summed E-state index contributed by atoms with van der Waals surface area (Å²) in [4.78, 5) is 24.4. The summed E-state index contributed by atoms with van der Waals surface area (Å²) in [5.41, 5.74) is 10.8. The maximum absolute atomic E-state index is 11.7. The van der Waals surface area contributed by atoms with E-state index < -0.39 is 6.04 Å². The predicted molar refractivity (Wildman–Crippen MR) is 56.7 cm³/mol. The van der Waals surface area contributed by atoms with Gasteiger partial charge in [0, 0.05) is 12.6 Å². The van der Waals surface area contributed by atoms with Gasteiger partial charge in [0.15, 0.2) is 0 Å². The summed E-state index contributed by atoms with van der Waals surface area (Å²) in [5, 5.41) is 0. The van der Waals surface area contributed by atoms with E-state index in [1.165, 1.54) is 0 Å². The molecule has 1 heterocycles. The van der Waals surface area contributed by atoms with Gasteiger partial charge in [-0.05, 0) is 26.7 Å². The van der Waals surface area contributed by atoms with Crippen LogP contribution in [0.2, 0.25) is 0 Å². The number of carbonyl (C=O) groups excluding carboxylic acids is 2. The summed E-state index contributed by atoms with van der Waals surface area (Å²) >= 11 is 0. The molecule has 0 saturated carbocycles. The van der Waals surface area contributed by atoms with E-state index in [2.05, 4.69) is 0 Å². The molecule has 1 rings (SSSR count). The molecule has 0 spiro atoms. The van der Waals surface area contributed by atoms with Crippen molar-refractivity contribution in [2.45, 2.75) is 38.8 Å². The van der Waals surface area contributed by atoms with Gasteiger partial charge in [-0.15, -0.1) is 0 Å². The highest BCUT2D eigenvalue weighted by Gasteiger charge is 2.32. The van der Waals surface area contributed by atoms with Crippen LogP contribution in [0.5, 0.6) is 0 Å². The summed E-state index contributed by atoms with van der Waals surface area (Å²) in [5.74, 6) is -0.651. The third kappa shape index (κ3) is 2.68. The largest absolute Gasteiger partial charge is 0.369 e. The summed E-state index contributed by atoms with van der Waals surface area (Å²) in [6, 6.07) is -0.363. The van der Waals surface area contributed by atoms with Crippen molar-refractivity contribution in [1.82, 2.24) is 4.90 Å². The van der Waals surface area contributed by atoms with Crippen molar-refractivity contribution in [3.63, 3.8) is 0 Å². The standard InChI is InChI=1S/C10H19N3O2/c1-6-3-4-8(9(12)14)5-13(6)10(15)7(2)11/h6-8H,3-5,11H2,1-2H3,(H2,12,14)/t6?,7-,8?/m0/s1. The fourth-order valence-electron chi connectivity index (χ4n) is 1.91. The molecule has 86 valence electrons. The molecular weight excluding hydrogens is 194 g/mol. The lowest BCUT2D eigenvalue weighted by Crippen LogP contribution is -2.52. The smallest absolute Gasteiger partial charge is 0.239 e. The first-order valence-corrected chi connectivity index (χ1v) is 5.29. The average molecular weight is 213 g/mol. The van der Waals surface area contributed by atoms with E-state index in [4.69, 9.17) is 11.5 Å². The fraction of sp³-hybridized carbons (Fsp3) is 0.800. The van der Waals surface area contributed by atoms with Crippen LogP contribution in [-0.2, 0) is 9.59 Å². The number of amides is 2. The second-order valence-electron chi connectivity index (χ2n) is 4.30. The molecule has 2 unspecified atom stereocenters. The summed E-state index contributed by atoms with van der Waals surface area (Å²) in [7, 11) is 0. The minimum Gasteiger partial charge on any atom is -0.369 e. The van der Waals surface area contributed by atoms with Crippen molar-refractivity contribution < 1.29 is 9.59 Å². The highest BCUT2D eigenvalue weighted by Crippen LogP contribution is 2.22. The Bertz CT molecular complexity index is 265. The van der Waals surface area contributed by atoms with Crippen LogP contribution in [0.15, 0.2) is 0 Å². The first-order chi connectivity index (χ1) is 6.93. The molecule has 0 aromatic rings. The molecule has 15 heavy (non-hydrogen) atoms. The van der Waals surface area contributed by atoms with Crippen LogP contribution < -0.4 is 11.5 Å². The van der Waals surface area contributed by atoms with Crippen molar-refractivity contribution in [2.75, 3.05) is 6.54 Å². The van der Waals surface area contributed by atoms with Gasteiger partial charge in [-0.3, -0.25) is 9.59 Å². The predicted octanol–water partition coefficient (Wildman–Crippen LogP) is -0.554. The number of likely N-dealkylation sites (tertiary alicyclic amines) is 1. The molecule has 2 amide bonds. The van der Waals surface area contributed by atoms with Gasteiger partial charge in [0.05, 0.1) is 12.0 Å². The normalized spacial score (nSPS) is 28.6. The molecule has 1 aliphatic heterocycles. The Morgan fingerprint density at radius 2 is 2.00 bits per heavy atom. The van der Waals surface area contributed by atoms with Crippen molar-refractivity contribution in [2.24, 2.45) is 17.4 Å². The van der Waals surface area contributed by atoms with Gasteiger partial charge >= 0.3 is 0 Å². The minimum atomic E-state index is -0.515. The number of piperidine rings is 1. The molecule has 5 nitrogen and oxygen atoms in total. The molecule has 0 aliphatic carbocycles. The zero-order valence-corrected chi connectivity index (χ0v) is 9.27. The molecule has 0 aromatic heterocycles. The molecule has 4 N–H and O–H groups in total. The van der Waals surface area contributed by atoms with Gasteiger partial charge in [-0.1, -0.05) is 0 Å². The maximum atomic E-state index is 11.7. The number of nitrogens with two attached hydrogens (primary N) is 2. The Morgan fingerprint density at radius 1 is 1.40 bits per heavy atom. The summed E-state index contributed by atoms with van der Waals surface area (Å²) in [6.45, 7) is 4.04. The lowest BCUT2D eigenvalue weighted by Gasteiger charge is -2.37. The third-order valence-electron chi connectivity index (χ3n) is 2.96. The molecular formula is C10H19N3O2. The zero-order valence-electron chi connectivity index (χ0n) is 9.27. The molecule has 5 heteroatoms. The molecule has 0 radical (unpaired) electrons. The van der Waals surface area contributed by atoms with Gasteiger partial charge < -0.3 is 16.4 Å². The van der Waals surface area contributed by atoms with Gasteiger partial charge in [0.1, 0.15) is 0 Å². The molecule has 3 atom stereocenters. The number of hydrogen-bond donors (Lipinski definition) is 2. The highest BCUT2D eigenvalue weighted by atomic mass is 16.2. The molecule has 1 aliphatic rings. The Balaban J connectivity index is 2.69. The molecule has 1 fully saturated rings. The second-order valence-corrected chi connectivity index (χ2v) is 4.30. The van der Waals surface area contributed by atoms with Crippen LogP contribution in [0.1, 0.15) is 26.7 Å². The van der Waals surface area contributed by atoms with Gasteiger partial charge in [0.2, 0.25) is 11.8 Å². The first kappa shape index (κ1) is 12.0. The van der Waals surface area contributed by atoms with Crippen LogP contribution in [0.4, 0.5) is 0 Å². The van der Waals surface area contributed by atoms with E-state index in [0.717, 1.165) is 12.8 Å². The summed E-state index contributed by atoms with van der Waals surface area (Å²) in [6.07, 6.45) is 1.57. The number of carbonyl (C=O) groups is 2. The van der Waals surface area contributed by atoms with Crippen molar-refractivity contribution in [3.8, 4) is 0 Å². The lowest BCUT2D eigenvalue weighted by atomic mass is 9.92. The second kappa shape index (κ2) is 4.61. The van der Waals surface area contributed by atoms with Gasteiger partial charge in [-0.25, -0.2) is 0 Å². The molecule has 1 saturated heterocycles. The topological polar surface area (TPSA) is 89.4 Å². The highest BCUT2D eigenvalue weighted by molar-refractivity contribution is 5.83. The van der Waals surface area contributed by atoms with E-state index in [-0.39, 0.29) is 23.8 Å². The zero-order chi connectivity index (χ0) is 11.6. The van der Waals surface area contributed by atoms with Crippen LogP contribution in [0, 0.1) is 5.92 Å². The van der Waals surface area contributed by atoms with Crippen LogP contribution in [0.3, 0.4) is 0 Å². The monoisotopic (exact) mass is 213 g/mol. The number of nitrogens with zero attached hydrogens (tertiary/aromatic N) is 1. The van der Waals surface area contributed by atoms with Crippen LogP contribution in [0.25, 0.3) is 0 Å². The maximum Gasteiger partial charge on any atom is 0.239 e. The number of primary amides is 1. The quantitative estimate of drug-likeness (QED) is 0.644. The van der Waals surface area contributed by atoms with E-state index >= 15 is 0 Å². The van der Waals surface area contributed by atoms with Gasteiger partial charge in [0.25, 0.3) is 0 Å². The summed E-state index contributed by atoms with van der Waals surface area (Å²) < 4.78 is 0. The number of hydrogen-bond acceptors (Lipinski definition) is 3. The van der Waals surface area contributed by atoms with E-state index in [1.807, 2.05) is 6.92 Å². The van der Waals surface area contributed by atoms with E-state index in [0.29, 0.717) is 6.54 Å². The van der Waals surface area contributed by atoms with E-state index in [9.17, 15) is 9.59 Å². The van der Waals surface area contributed by atoms with Crippen molar-refractivity contribution >= 4 is 11.8 Å². The first-order valence-electron chi connectivity index (χ1n) is 5.29. The Hall–Kier alpha value is -1.10. The SMILES string of the molecule is CC1CCC(C(N)=O)CN1C(=O)[C@H](C)N. The third-order valence-corrected chi connectivity index (χ3v) is 2.96. The lowest BCUT2D eigenvalue weighted by molar-refractivity contribution is -0.138. The average Bonchev–Trinajstić information content (AvgIpc) is 2.16. The van der Waals surface area contributed by atoms with Crippen molar-refractivity contribution in [1.29, 1.82) is 0 Å². The Morgan fingerprint density at radius 3 is 2.47 bits per heavy atom. The van der Waals surface area contributed by atoms with Crippen molar-refractivity contribution in [3.05, 3.63) is 0 Å². The molecule has 0 aromatic carbocycles.